The van der Waals surface area contributed by atoms with Crippen molar-refractivity contribution in [1.82, 2.24) is 20.1 Å². The van der Waals surface area contributed by atoms with Crippen molar-refractivity contribution in [3.63, 3.8) is 0 Å². The summed E-state index contributed by atoms with van der Waals surface area (Å²) in [6, 6.07) is 4.60. The summed E-state index contributed by atoms with van der Waals surface area (Å²) < 4.78 is 15.8. The smallest absolute Gasteiger partial charge is 0.149 e. The van der Waals surface area contributed by atoms with Gasteiger partial charge in [-0.3, -0.25) is 0 Å². The number of nitrogens with one attached hydrogen (secondary N) is 1. The molecule has 0 amide bonds. The van der Waals surface area contributed by atoms with E-state index in [0.29, 0.717) is 17.1 Å². The van der Waals surface area contributed by atoms with Gasteiger partial charge in [0.05, 0.1) is 6.04 Å². The normalized spacial score (nSPS) is 15.3. The highest BCUT2D eigenvalue weighted by Gasteiger charge is 2.21. The van der Waals surface area contributed by atoms with E-state index in [1.165, 1.54) is 6.07 Å². The number of fused-ring (bicyclic) bond motifs is 1. The van der Waals surface area contributed by atoms with E-state index < -0.39 is 0 Å². The van der Waals surface area contributed by atoms with Crippen LogP contribution in [0.5, 0.6) is 0 Å². The molecule has 106 valence electrons. The Morgan fingerprint density at radius 3 is 3.15 bits per heavy atom. The van der Waals surface area contributed by atoms with Gasteiger partial charge in [-0.05, 0) is 31.5 Å². The number of rotatable bonds is 4. The summed E-state index contributed by atoms with van der Waals surface area (Å²) in [5.41, 5.74) is 0.561. The molecule has 1 aliphatic rings. The van der Waals surface area contributed by atoms with Crippen LogP contribution in [-0.4, -0.2) is 14.8 Å². The molecule has 4 nitrogen and oxygen atoms in total. The van der Waals surface area contributed by atoms with Crippen molar-refractivity contribution in [3.8, 4) is 0 Å². The second kappa shape index (κ2) is 5.50. The predicted molar refractivity (Wildman–Crippen MR) is 75.0 cm³/mol. The van der Waals surface area contributed by atoms with Crippen LogP contribution < -0.4 is 5.32 Å². The van der Waals surface area contributed by atoms with Crippen LogP contribution in [0.4, 0.5) is 4.39 Å². The number of aryl methyl sites for hydroxylation is 1. The predicted octanol–water partition coefficient (Wildman–Crippen LogP) is 2.87. The summed E-state index contributed by atoms with van der Waals surface area (Å²) in [7, 11) is 0. The van der Waals surface area contributed by atoms with E-state index in [4.69, 9.17) is 11.6 Å². The third kappa shape index (κ3) is 2.55. The van der Waals surface area contributed by atoms with Crippen LogP contribution in [0, 0.1) is 5.82 Å². The van der Waals surface area contributed by atoms with E-state index in [1.54, 1.807) is 12.1 Å². The zero-order valence-electron chi connectivity index (χ0n) is 11.2. The number of hydrogen-bond acceptors (Lipinski definition) is 3. The van der Waals surface area contributed by atoms with Gasteiger partial charge in [-0.2, -0.15) is 0 Å². The van der Waals surface area contributed by atoms with Crippen molar-refractivity contribution in [3.05, 3.63) is 46.3 Å². The number of hydrogen-bond donors (Lipinski definition) is 1. The van der Waals surface area contributed by atoms with E-state index in [1.807, 2.05) is 6.92 Å². The van der Waals surface area contributed by atoms with Gasteiger partial charge >= 0.3 is 0 Å². The van der Waals surface area contributed by atoms with Crippen molar-refractivity contribution in [2.75, 3.05) is 0 Å². The zero-order chi connectivity index (χ0) is 14.1. The first kappa shape index (κ1) is 13.5. The summed E-state index contributed by atoms with van der Waals surface area (Å²) >= 11 is 5.89. The van der Waals surface area contributed by atoms with Crippen LogP contribution in [0.15, 0.2) is 18.2 Å². The molecule has 3 rings (SSSR count). The van der Waals surface area contributed by atoms with Crippen LogP contribution in [0.1, 0.15) is 36.6 Å². The third-order valence-electron chi connectivity index (χ3n) is 3.63. The molecule has 0 saturated heterocycles. The lowest BCUT2D eigenvalue weighted by Gasteiger charge is -2.14. The molecule has 2 heterocycles. The summed E-state index contributed by atoms with van der Waals surface area (Å²) in [4.78, 5) is 0. The average Bonchev–Trinajstić information content (AvgIpc) is 3.02. The first-order chi connectivity index (χ1) is 9.65. The molecule has 1 aliphatic heterocycles. The molecular weight excluding hydrogens is 279 g/mol. The summed E-state index contributed by atoms with van der Waals surface area (Å²) in [6.07, 6.45) is 2.11. The number of halogens is 2. The maximum Gasteiger partial charge on any atom is 0.149 e. The lowest BCUT2D eigenvalue weighted by molar-refractivity contribution is 0.503. The number of aromatic nitrogens is 3. The van der Waals surface area contributed by atoms with E-state index in [2.05, 4.69) is 20.1 Å². The average molecular weight is 295 g/mol. The van der Waals surface area contributed by atoms with Gasteiger partial charge in [-0.25, -0.2) is 4.39 Å². The standard InChI is InChI=1S/C14H16ClFN4/c1-9(14-19-18-13-3-2-6-20(13)14)17-8-10-7-11(15)4-5-12(10)16/h4-5,7,9,17H,2-3,6,8H2,1H3. The lowest BCUT2D eigenvalue weighted by Crippen LogP contribution is -2.22. The van der Waals surface area contributed by atoms with E-state index in [0.717, 1.165) is 31.0 Å². The van der Waals surface area contributed by atoms with Gasteiger partial charge in [-0.1, -0.05) is 11.6 Å². The molecule has 0 radical (unpaired) electrons. The third-order valence-corrected chi connectivity index (χ3v) is 3.87. The highest BCUT2D eigenvalue weighted by atomic mass is 35.5. The molecule has 1 unspecified atom stereocenters. The Morgan fingerprint density at radius 2 is 2.30 bits per heavy atom. The minimum atomic E-state index is -0.249. The molecule has 1 atom stereocenters. The zero-order valence-corrected chi connectivity index (χ0v) is 12.0. The quantitative estimate of drug-likeness (QED) is 0.943. The highest BCUT2D eigenvalue weighted by molar-refractivity contribution is 6.30. The number of benzene rings is 1. The Bertz CT molecular complexity index is 626. The van der Waals surface area contributed by atoms with Crippen molar-refractivity contribution in [2.45, 2.75) is 38.9 Å². The Balaban J connectivity index is 1.70. The Hall–Kier alpha value is -1.46. The van der Waals surface area contributed by atoms with Crippen molar-refractivity contribution in [1.29, 1.82) is 0 Å². The van der Waals surface area contributed by atoms with E-state index in [9.17, 15) is 4.39 Å². The first-order valence-electron chi connectivity index (χ1n) is 6.74. The van der Waals surface area contributed by atoms with Gasteiger partial charge in [0.1, 0.15) is 17.5 Å². The molecule has 1 aromatic heterocycles. The molecular formula is C14H16ClFN4. The first-order valence-corrected chi connectivity index (χ1v) is 7.12. The highest BCUT2D eigenvalue weighted by Crippen LogP contribution is 2.20. The van der Waals surface area contributed by atoms with E-state index in [-0.39, 0.29) is 11.9 Å². The van der Waals surface area contributed by atoms with Crippen molar-refractivity contribution >= 4 is 11.6 Å². The summed E-state index contributed by atoms with van der Waals surface area (Å²) in [5, 5.41) is 12.2. The lowest BCUT2D eigenvalue weighted by atomic mass is 10.2. The molecule has 1 aromatic carbocycles. The van der Waals surface area contributed by atoms with E-state index >= 15 is 0 Å². The maximum absolute atomic E-state index is 13.7. The molecule has 0 spiro atoms. The molecule has 0 fully saturated rings. The minimum absolute atomic E-state index is 0.0210. The fourth-order valence-electron chi connectivity index (χ4n) is 2.53. The summed E-state index contributed by atoms with van der Waals surface area (Å²) in [6.45, 7) is 3.39. The Kier molecular flexibility index (Phi) is 3.72. The second-order valence-electron chi connectivity index (χ2n) is 5.07. The van der Waals surface area contributed by atoms with Crippen LogP contribution in [0.25, 0.3) is 0 Å². The van der Waals surface area contributed by atoms with Crippen LogP contribution in [-0.2, 0) is 19.5 Å². The fourth-order valence-corrected chi connectivity index (χ4v) is 2.72. The fraction of sp³-hybridized carbons (Fsp3) is 0.429. The monoisotopic (exact) mass is 294 g/mol. The van der Waals surface area contributed by atoms with Crippen LogP contribution >= 0.6 is 11.6 Å². The molecule has 1 N–H and O–H groups in total. The van der Waals surface area contributed by atoms with Crippen molar-refractivity contribution < 1.29 is 4.39 Å². The molecule has 20 heavy (non-hydrogen) atoms. The maximum atomic E-state index is 13.7. The van der Waals surface area contributed by atoms with Gasteiger partial charge in [0.15, 0.2) is 0 Å². The molecule has 0 bridgehead atoms. The topological polar surface area (TPSA) is 42.7 Å². The van der Waals surface area contributed by atoms with Gasteiger partial charge < -0.3 is 9.88 Å². The minimum Gasteiger partial charge on any atom is -0.314 e. The van der Waals surface area contributed by atoms with Crippen LogP contribution in [0.2, 0.25) is 5.02 Å². The van der Waals surface area contributed by atoms with Crippen molar-refractivity contribution in [2.24, 2.45) is 0 Å². The molecule has 0 saturated carbocycles. The largest absolute Gasteiger partial charge is 0.314 e. The molecule has 2 aromatic rings. The Labute approximate surface area is 122 Å². The van der Waals surface area contributed by atoms with Gasteiger partial charge in [0.2, 0.25) is 0 Å². The van der Waals surface area contributed by atoms with Gasteiger partial charge in [0.25, 0.3) is 0 Å². The molecule has 6 heteroatoms. The summed E-state index contributed by atoms with van der Waals surface area (Å²) in [5.74, 6) is 1.71. The van der Waals surface area contributed by atoms with Gasteiger partial charge in [0, 0.05) is 30.1 Å². The number of nitrogens with zero attached hydrogens (tertiary/aromatic N) is 3. The van der Waals surface area contributed by atoms with Crippen LogP contribution in [0.3, 0.4) is 0 Å². The van der Waals surface area contributed by atoms with Gasteiger partial charge in [-0.15, -0.1) is 10.2 Å². The second-order valence-corrected chi connectivity index (χ2v) is 5.50. The SMILES string of the molecule is CC(NCc1cc(Cl)ccc1F)c1nnc2n1CCC2. The molecule has 0 aliphatic carbocycles. The Morgan fingerprint density at radius 1 is 1.45 bits per heavy atom.